The molecule has 0 unspecified atom stereocenters. The van der Waals surface area contributed by atoms with Crippen molar-refractivity contribution >= 4 is 11.8 Å². The molecule has 3 N–H and O–H groups in total. The van der Waals surface area contributed by atoms with E-state index in [4.69, 9.17) is 10.8 Å². The highest BCUT2D eigenvalue weighted by Gasteiger charge is 2.31. The van der Waals surface area contributed by atoms with Crippen molar-refractivity contribution in [2.24, 2.45) is 0 Å². The number of nitrogens with two attached hydrogens (primary N) is 1. The molecule has 0 aliphatic rings. The summed E-state index contributed by atoms with van der Waals surface area (Å²) in [6.07, 6.45) is -5.42. The number of carboxylic acid groups (broad SMARTS) is 1. The van der Waals surface area contributed by atoms with Gasteiger partial charge in [-0.05, 0) is 51.0 Å². The van der Waals surface area contributed by atoms with E-state index in [1.165, 1.54) is 11.0 Å². The lowest BCUT2D eigenvalue weighted by Crippen LogP contribution is -2.45. The first-order chi connectivity index (χ1) is 9.41. The molecule has 1 amide bonds. The lowest BCUT2D eigenvalue weighted by atomic mass is 10.0. The van der Waals surface area contributed by atoms with Crippen LogP contribution in [-0.2, 0) is 12.6 Å². The maximum absolute atomic E-state index is 12.7. The fraction of sp³-hybridized carbons (Fsp3) is 0.500. The molecule has 0 aromatic heterocycles. The van der Waals surface area contributed by atoms with Crippen LogP contribution in [0, 0.1) is 0 Å². The second-order valence-corrected chi connectivity index (χ2v) is 5.82. The summed E-state index contributed by atoms with van der Waals surface area (Å²) in [5.74, 6) is 0. The van der Waals surface area contributed by atoms with Crippen molar-refractivity contribution in [2.45, 2.75) is 38.9 Å². The third-order valence-corrected chi connectivity index (χ3v) is 3.01. The van der Waals surface area contributed by atoms with E-state index in [0.717, 1.165) is 12.1 Å². The number of amides is 1. The van der Waals surface area contributed by atoms with Crippen LogP contribution in [0.15, 0.2) is 18.2 Å². The molecule has 0 heterocycles. The molecule has 21 heavy (non-hydrogen) atoms. The van der Waals surface area contributed by atoms with Crippen LogP contribution in [0.4, 0.5) is 23.7 Å². The van der Waals surface area contributed by atoms with Gasteiger partial charge >= 0.3 is 12.3 Å². The van der Waals surface area contributed by atoms with Gasteiger partial charge in [-0.1, -0.05) is 0 Å². The third-order valence-electron chi connectivity index (χ3n) is 3.01. The summed E-state index contributed by atoms with van der Waals surface area (Å²) < 4.78 is 38.1. The Bertz CT molecular complexity index is 522. The molecular formula is C14H19F3N2O2. The Kier molecular flexibility index (Phi) is 4.76. The van der Waals surface area contributed by atoms with Crippen LogP contribution in [0.3, 0.4) is 0 Å². The van der Waals surface area contributed by atoms with E-state index in [0.29, 0.717) is 5.56 Å². The normalized spacial score (nSPS) is 12.3. The predicted octanol–water partition coefficient (Wildman–Crippen LogP) is 3.61. The second-order valence-electron chi connectivity index (χ2n) is 5.82. The van der Waals surface area contributed by atoms with E-state index >= 15 is 0 Å². The SMILES string of the molecule is CC(C)(C)N(CCc1cc(N)cc(C(F)(F)F)c1)C(=O)O. The van der Waals surface area contributed by atoms with Gasteiger partial charge < -0.3 is 15.7 Å². The number of nitrogen functional groups attached to an aromatic ring is 1. The summed E-state index contributed by atoms with van der Waals surface area (Å²) in [4.78, 5) is 12.4. The van der Waals surface area contributed by atoms with E-state index in [2.05, 4.69) is 0 Å². The summed E-state index contributed by atoms with van der Waals surface area (Å²) >= 11 is 0. The molecule has 0 saturated carbocycles. The van der Waals surface area contributed by atoms with Gasteiger partial charge in [0.1, 0.15) is 0 Å². The Morgan fingerprint density at radius 2 is 1.81 bits per heavy atom. The zero-order chi connectivity index (χ0) is 16.4. The molecule has 0 saturated heterocycles. The largest absolute Gasteiger partial charge is 0.465 e. The van der Waals surface area contributed by atoms with Crippen molar-refractivity contribution < 1.29 is 23.1 Å². The zero-order valence-electron chi connectivity index (χ0n) is 12.2. The smallest absolute Gasteiger partial charge is 0.416 e. The van der Waals surface area contributed by atoms with Gasteiger partial charge in [-0.2, -0.15) is 13.2 Å². The second kappa shape index (κ2) is 5.83. The summed E-state index contributed by atoms with van der Waals surface area (Å²) in [7, 11) is 0. The molecule has 4 nitrogen and oxygen atoms in total. The number of hydrogen-bond acceptors (Lipinski definition) is 2. The summed E-state index contributed by atoms with van der Waals surface area (Å²) in [6, 6.07) is 3.29. The molecule has 7 heteroatoms. The number of alkyl halides is 3. The topological polar surface area (TPSA) is 66.6 Å². The summed E-state index contributed by atoms with van der Waals surface area (Å²) in [5.41, 5.74) is 4.40. The first-order valence-electron chi connectivity index (χ1n) is 6.38. The molecule has 0 aliphatic heterocycles. The van der Waals surface area contributed by atoms with Crippen LogP contribution in [-0.4, -0.2) is 28.2 Å². The van der Waals surface area contributed by atoms with Crippen LogP contribution in [0.5, 0.6) is 0 Å². The minimum atomic E-state index is -4.47. The van der Waals surface area contributed by atoms with E-state index in [1.807, 2.05) is 0 Å². The molecule has 0 aliphatic carbocycles. The van der Waals surface area contributed by atoms with Crippen molar-refractivity contribution in [1.29, 1.82) is 0 Å². The Labute approximate surface area is 121 Å². The van der Waals surface area contributed by atoms with Gasteiger partial charge in [0.2, 0.25) is 0 Å². The molecule has 0 spiro atoms. The lowest BCUT2D eigenvalue weighted by molar-refractivity contribution is -0.137. The standard InChI is InChI=1S/C14H19F3N2O2/c1-13(2,3)19(12(20)21)5-4-9-6-10(14(15,16)17)8-11(18)7-9/h6-8H,4-5,18H2,1-3H3,(H,20,21). The first kappa shape index (κ1) is 17.1. The highest BCUT2D eigenvalue weighted by atomic mass is 19.4. The average molecular weight is 304 g/mol. The molecule has 0 radical (unpaired) electrons. The van der Waals surface area contributed by atoms with Gasteiger partial charge in [-0.3, -0.25) is 0 Å². The number of rotatable bonds is 3. The number of halogens is 3. The first-order valence-corrected chi connectivity index (χ1v) is 6.38. The molecule has 0 atom stereocenters. The fourth-order valence-electron chi connectivity index (χ4n) is 1.99. The van der Waals surface area contributed by atoms with Crippen LogP contribution in [0.2, 0.25) is 0 Å². The molecule has 0 fully saturated rings. The van der Waals surface area contributed by atoms with Gasteiger partial charge in [-0.15, -0.1) is 0 Å². The number of benzene rings is 1. The minimum absolute atomic E-state index is 0.0115. The van der Waals surface area contributed by atoms with Crippen LogP contribution >= 0.6 is 0 Å². The molecule has 1 aromatic rings. The lowest BCUT2D eigenvalue weighted by Gasteiger charge is -2.33. The van der Waals surface area contributed by atoms with Crippen molar-refractivity contribution in [1.82, 2.24) is 4.90 Å². The predicted molar refractivity (Wildman–Crippen MR) is 74.0 cm³/mol. The third kappa shape index (κ3) is 4.84. The van der Waals surface area contributed by atoms with E-state index < -0.39 is 23.4 Å². The monoisotopic (exact) mass is 304 g/mol. The van der Waals surface area contributed by atoms with Crippen LogP contribution in [0.1, 0.15) is 31.9 Å². The van der Waals surface area contributed by atoms with Crippen molar-refractivity contribution in [2.75, 3.05) is 12.3 Å². The Balaban J connectivity index is 2.94. The molecule has 1 rings (SSSR count). The quantitative estimate of drug-likeness (QED) is 0.838. The van der Waals surface area contributed by atoms with E-state index in [-0.39, 0.29) is 18.7 Å². The van der Waals surface area contributed by atoms with Crippen molar-refractivity contribution in [3.05, 3.63) is 29.3 Å². The van der Waals surface area contributed by atoms with Crippen LogP contribution < -0.4 is 5.73 Å². The number of carbonyl (C=O) groups is 1. The Hall–Kier alpha value is -1.92. The molecule has 0 bridgehead atoms. The van der Waals surface area contributed by atoms with Crippen LogP contribution in [0.25, 0.3) is 0 Å². The van der Waals surface area contributed by atoms with Gasteiger partial charge in [0.05, 0.1) is 5.56 Å². The fourth-order valence-corrected chi connectivity index (χ4v) is 1.99. The number of anilines is 1. The Morgan fingerprint density at radius 3 is 2.24 bits per heavy atom. The number of nitrogens with zero attached hydrogens (tertiary/aromatic N) is 1. The molecule has 1 aromatic carbocycles. The Morgan fingerprint density at radius 1 is 1.24 bits per heavy atom. The minimum Gasteiger partial charge on any atom is -0.465 e. The van der Waals surface area contributed by atoms with Gasteiger partial charge in [-0.25, -0.2) is 4.79 Å². The summed E-state index contributed by atoms with van der Waals surface area (Å²) in [6.45, 7) is 5.27. The molecular weight excluding hydrogens is 285 g/mol. The van der Waals surface area contributed by atoms with Gasteiger partial charge in [0.15, 0.2) is 0 Å². The zero-order valence-corrected chi connectivity index (χ0v) is 12.2. The highest BCUT2D eigenvalue weighted by molar-refractivity contribution is 5.66. The number of hydrogen-bond donors (Lipinski definition) is 2. The molecule has 118 valence electrons. The maximum atomic E-state index is 12.7. The van der Waals surface area contributed by atoms with Gasteiger partial charge in [0, 0.05) is 17.8 Å². The summed E-state index contributed by atoms with van der Waals surface area (Å²) in [5, 5.41) is 9.15. The van der Waals surface area contributed by atoms with E-state index in [9.17, 15) is 18.0 Å². The average Bonchev–Trinajstić information content (AvgIpc) is 2.24. The van der Waals surface area contributed by atoms with E-state index in [1.54, 1.807) is 20.8 Å². The van der Waals surface area contributed by atoms with Gasteiger partial charge in [0.25, 0.3) is 0 Å². The maximum Gasteiger partial charge on any atom is 0.416 e. The van der Waals surface area contributed by atoms with Crippen molar-refractivity contribution in [3.8, 4) is 0 Å². The highest BCUT2D eigenvalue weighted by Crippen LogP contribution is 2.31. The van der Waals surface area contributed by atoms with Crippen molar-refractivity contribution in [3.63, 3.8) is 0 Å².